The number of hydrogen-bond donors (Lipinski definition) is 1. The van der Waals surface area contributed by atoms with Crippen molar-refractivity contribution in [3.63, 3.8) is 0 Å². The second kappa shape index (κ2) is 12.0. The van der Waals surface area contributed by atoms with E-state index in [0.717, 1.165) is 12.1 Å². The molecule has 198 valence electrons. The van der Waals surface area contributed by atoms with Gasteiger partial charge < -0.3 is 19.6 Å². The summed E-state index contributed by atoms with van der Waals surface area (Å²) in [6.45, 7) is 3.28. The van der Waals surface area contributed by atoms with Crippen LogP contribution in [0.25, 0.3) is 5.76 Å². The molecule has 8 heteroatoms. The lowest BCUT2D eigenvalue weighted by Gasteiger charge is -2.26. The fourth-order valence-electron chi connectivity index (χ4n) is 4.59. The second-order valence-corrected chi connectivity index (χ2v) is 10.4. The van der Waals surface area contributed by atoms with Crippen molar-refractivity contribution in [3.05, 3.63) is 105 Å². The Hall–Kier alpha value is -3.32. The number of aliphatic hydroxyl groups excluding tert-OH is 1. The minimum absolute atomic E-state index is 0.00475. The Morgan fingerprint density at radius 3 is 2.42 bits per heavy atom. The lowest BCUT2D eigenvalue weighted by atomic mass is 9.93. The maximum atomic E-state index is 13.3. The molecule has 38 heavy (non-hydrogen) atoms. The fourth-order valence-corrected chi connectivity index (χ4v) is 5.10. The van der Waals surface area contributed by atoms with Crippen molar-refractivity contribution in [2.45, 2.75) is 26.0 Å². The number of amides is 1. The highest BCUT2D eigenvalue weighted by Crippen LogP contribution is 2.43. The predicted molar refractivity (Wildman–Crippen MR) is 151 cm³/mol. The van der Waals surface area contributed by atoms with E-state index in [1.165, 1.54) is 4.90 Å². The number of likely N-dealkylation sites (tertiary alicyclic amines) is 1. The molecular weight excluding hydrogens is 523 g/mol. The van der Waals surface area contributed by atoms with Crippen molar-refractivity contribution < 1.29 is 19.4 Å². The SMILES string of the molecule is Cc1cc(OCc2ccccc2)ccc1/C(O)=C1\C(=O)C(=O)N(CCCN(C)C)[C@@H]1c1ccc(Cl)cc1Cl. The lowest BCUT2D eigenvalue weighted by Crippen LogP contribution is -2.32. The number of carbonyl (C=O) groups excluding carboxylic acids is 2. The number of aliphatic hydroxyl groups is 1. The molecule has 0 aliphatic carbocycles. The lowest BCUT2D eigenvalue weighted by molar-refractivity contribution is -0.139. The first-order chi connectivity index (χ1) is 18.2. The zero-order chi connectivity index (χ0) is 27.4. The largest absolute Gasteiger partial charge is 0.507 e. The number of ketones is 1. The van der Waals surface area contributed by atoms with E-state index in [4.69, 9.17) is 27.9 Å². The highest BCUT2D eigenvalue weighted by Gasteiger charge is 2.46. The summed E-state index contributed by atoms with van der Waals surface area (Å²) in [6.07, 6.45) is 0.647. The molecule has 1 heterocycles. The molecule has 0 unspecified atom stereocenters. The van der Waals surface area contributed by atoms with Crippen molar-refractivity contribution in [2.24, 2.45) is 0 Å². The van der Waals surface area contributed by atoms with Gasteiger partial charge in [0.1, 0.15) is 18.1 Å². The van der Waals surface area contributed by atoms with Crippen LogP contribution in [0.5, 0.6) is 5.75 Å². The summed E-state index contributed by atoms with van der Waals surface area (Å²) in [5.41, 5.74) is 2.71. The van der Waals surface area contributed by atoms with E-state index in [1.807, 2.05) is 56.3 Å². The van der Waals surface area contributed by atoms with Gasteiger partial charge in [-0.15, -0.1) is 0 Å². The van der Waals surface area contributed by atoms with Crippen LogP contribution in [0.2, 0.25) is 10.0 Å². The van der Waals surface area contributed by atoms with Gasteiger partial charge in [0, 0.05) is 22.2 Å². The maximum Gasteiger partial charge on any atom is 0.295 e. The van der Waals surface area contributed by atoms with Gasteiger partial charge in [-0.25, -0.2) is 0 Å². The fraction of sp³-hybridized carbons (Fsp3) is 0.267. The van der Waals surface area contributed by atoms with Crippen LogP contribution in [0.4, 0.5) is 0 Å². The summed E-state index contributed by atoms with van der Waals surface area (Å²) < 4.78 is 5.91. The van der Waals surface area contributed by atoms with Gasteiger partial charge in [-0.3, -0.25) is 9.59 Å². The number of halogens is 2. The van der Waals surface area contributed by atoms with Crippen LogP contribution in [0.1, 0.15) is 34.7 Å². The van der Waals surface area contributed by atoms with E-state index in [0.29, 0.717) is 52.1 Å². The van der Waals surface area contributed by atoms with Crippen molar-refractivity contribution >= 4 is 40.7 Å². The van der Waals surface area contributed by atoms with E-state index >= 15 is 0 Å². The molecule has 1 aliphatic heterocycles. The van der Waals surface area contributed by atoms with Crippen LogP contribution in [-0.2, 0) is 16.2 Å². The third-order valence-corrected chi connectivity index (χ3v) is 7.07. The smallest absolute Gasteiger partial charge is 0.295 e. The molecule has 0 spiro atoms. The second-order valence-electron chi connectivity index (χ2n) is 9.57. The molecule has 1 amide bonds. The Balaban J connectivity index is 1.71. The first kappa shape index (κ1) is 27.7. The first-order valence-corrected chi connectivity index (χ1v) is 13.1. The Kier molecular flexibility index (Phi) is 8.77. The summed E-state index contributed by atoms with van der Waals surface area (Å²) in [6, 6.07) is 19.1. The zero-order valence-electron chi connectivity index (χ0n) is 21.6. The summed E-state index contributed by atoms with van der Waals surface area (Å²) in [5, 5.41) is 12.2. The maximum absolute atomic E-state index is 13.3. The number of carbonyl (C=O) groups is 2. The molecule has 4 rings (SSSR count). The molecule has 1 aliphatic rings. The number of benzene rings is 3. The summed E-state index contributed by atoms with van der Waals surface area (Å²) in [4.78, 5) is 30.0. The van der Waals surface area contributed by atoms with E-state index in [2.05, 4.69) is 0 Å². The van der Waals surface area contributed by atoms with Gasteiger partial charge in [-0.2, -0.15) is 0 Å². The third kappa shape index (κ3) is 6.04. The first-order valence-electron chi connectivity index (χ1n) is 12.3. The Morgan fingerprint density at radius 1 is 1.03 bits per heavy atom. The van der Waals surface area contributed by atoms with Gasteiger partial charge in [-0.05, 0) is 81.0 Å². The molecule has 1 fully saturated rings. The van der Waals surface area contributed by atoms with E-state index in [-0.39, 0.29) is 11.3 Å². The minimum atomic E-state index is -0.838. The van der Waals surface area contributed by atoms with Gasteiger partial charge in [0.05, 0.1) is 11.6 Å². The summed E-state index contributed by atoms with van der Waals surface area (Å²) >= 11 is 12.7. The molecule has 0 bridgehead atoms. The Labute approximate surface area is 233 Å². The highest BCUT2D eigenvalue weighted by molar-refractivity contribution is 6.47. The van der Waals surface area contributed by atoms with Crippen molar-refractivity contribution in [1.29, 1.82) is 0 Å². The van der Waals surface area contributed by atoms with Gasteiger partial charge in [0.25, 0.3) is 11.7 Å². The molecule has 3 aromatic rings. The molecule has 1 atom stereocenters. The topological polar surface area (TPSA) is 70.1 Å². The Morgan fingerprint density at radius 2 is 1.76 bits per heavy atom. The van der Waals surface area contributed by atoms with Crippen LogP contribution in [-0.4, -0.2) is 53.8 Å². The van der Waals surface area contributed by atoms with Crippen molar-refractivity contribution in [3.8, 4) is 5.75 Å². The van der Waals surface area contributed by atoms with Crippen molar-refractivity contribution in [2.75, 3.05) is 27.2 Å². The molecule has 6 nitrogen and oxygen atoms in total. The van der Waals surface area contributed by atoms with Crippen LogP contribution in [0.15, 0.2) is 72.3 Å². The summed E-state index contributed by atoms with van der Waals surface area (Å²) in [7, 11) is 3.88. The number of rotatable bonds is 9. The molecule has 3 aromatic carbocycles. The van der Waals surface area contributed by atoms with Crippen LogP contribution >= 0.6 is 23.2 Å². The minimum Gasteiger partial charge on any atom is -0.507 e. The predicted octanol–water partition coefficient (Wildman–Crippen LogP) is 6.25. The number of ether oxygens (including phenoxy) is 1. The Bertz CT molecular complexity index is 1370. The van der Waals surface area contributed by atoms with E-state index < -0.39 is 17.7 Å². The van der Waals surface area contributed by atoms with Crippen molar-refractivity contribution in [1.82, 2.24) is 9.80 Å². The van der Waals surface area contributed by atoms with Gasteiger partial charge in [-0.1, -0.05) is 59.6 Å². The average molecular weight is 553 g/mol. The molecule has 0 saturated carbocycles. The third-order valence-electron chi connectivity index (χ3n) is 6.50. The quantitative estimate of drug-likeness (QED) is 0.193. The van der Waals surface area contributed by atoms with Crippen LogP contribution in [0, 0.1) is 6.92 Å². The molecule has 1 saturated heterocycles. The van der Waals surface area contributed by atoms with Gasteiger partial charge in [0.15, 0.2) is 0 Å². The normalized spacial score (nSPS) is 16.9. The van der Waals surface area contributed by atoms with Crippen LogP contribution in [0.3, 0.4) is 0 Å². The van der Waals surface area contributed by atoms with Gasteiger partial charge in [0.2, 0.25) is 0 Å². The van der Waals surface area contributed by atoms with Gasteiger partial charge >= 0.3 is 0 Å². The number of hydrogen-bond acceptors (Lipinski definition) is 5. The number of nitrogens with zero attached hydrogens (tertiary/aromatic N) is 2. The number of aryl methyl sites for hydroxylation is 1. The zero-order valence-corrected chi connectivity index (χ0v) is 23.1. The molecular formula is C30H30Cl2N2O4. The summed E-state index contributed by atoms with van der Waals surface area (Å²) in [5.74, 6) is -1.03. The van der Waals surface area contributed by atoms with E-state index in [9.17, 15) is 14.7 Å². The van der Waals surface area contributed by atoms with Crippen LogP contribution < -0.4 is 4.74 Å². The molecule has 1 N–H and O–H groups in total. The molecule has 0 aromatic heterocycles. The number of Topliss-reactive ketones (excluding diaryl/α,β-unsaturated/α-hetero) is 1. The highest BCUT2D eigenvalue weighted by atomic mass is 35.5. The monoisotopic (exact) mass is 552 g/mol. The van der Waals surface area contributed by atoms with E-state index in [1.54, 1.807) is 36.4 Å². The molecule has 0 radical (unpaired) electrons. The average Bonchev–Trinajstić information content (AvgIpc) is 3.12. The standard InChI is InChI=1S/C30H30Cl2N2O4/c1-19-16-22(38-18-20-8-5-4-6-9-20)11-13-23(19)28(35)26-27(24-12-10-21(31)17-25(24)32)34(30(37)29(26)36)15-7-14-33(2)3/h4-6,8-13,16-17,27,35H,7,14-15,18H2,1-3H3/b28-26+/t27-/m1/s1.